The van der Waals surface area contributed by atoms with Crippen LogP contribution in [0.25, 0.3) is 0 Å². The van der Waals surface area contributed by atoms with Crippen molar-refractivity contribution in [3.8, 4) is 11.5 Å². The lowest BCUT2D eigenvalue weighted by Gasteiger charge is -2.23. The molecule has 2 rings (SSSR count). The molecule has 1 atom stereocenters. The van der Waals surface area contributed by atoms with Gasteiger partial charge in [0.15, 0.2) is 0 Å². The number of methoxy groups -OCH3 is 2. The molecule has 2 aromatic rings. The predicted octanol–water partition coefficient (Wildman–Crippen LogP) is 4.27. The fourth-order valence-corrected chi connectivity index (χ4v) is 2.98. The molecule has 0 aliphatic heterocycles. The highest BCUT2D eigenvalue weighted by atomic mass is 16.5. The molecule has 27 heavy (non-hydrogen) atoms. The SMILES string of the molecule is COc1ccc(OC)c(C(C)NC(=O)c2cc(C(C)C)n(C(C)(C)C)n2)c1. The van der Waals surface area contributed by atoms with Gasteiger partial charge in [-0.05, 0) is 57.9 Å². The Morgan fingerprint density at radius 1 is 1.11 bits per heavy atom. The number of carbonyl (C=O) groups is 1. The summed E-state index contributed by atoms with van der Waals surface area (Å²) in [6.07, 6.45) is 0. The van der Waals surface area contributed by atoms with Crippen LogP contribution in [0.4, 0.5) is 0 Å². The Kier molecular flexibility index (Phi) is 6.19. The Hall–Kier alpha value is -2.50. The summed E-state index contributed by atoms with van der Waals surface area (Å²) in [4.78, 5) is 12.8. The maximum absolute atomic E-state index is 12.8. The lowest BCUT2D eigenvalue weighted by molar-refractivity contribution is 0.0932. The molecule has 0 fully saturated rings. The number of ether oxygens (including phenoxy) is 2. The van der Waals surface area contributed by atoms with Crippen LogP contribution in [0.5, 0.6) is 11.5 Å². The number of nitrogens with one attached hydrogen (secondary N) is 1. The van der Waals surface area contributed by atoms with Gasteiger partial charge in [-0.1, -0.05) is 13.8 Å². The molecule has 0 spiro atoms. The van der Waals surface area contributed by atoms with Gasteiger partial charge in [-0.15, -0.1) is 0 Å². The normalized spacial score (nSPS) is 12.8. The second-order valence-electron chi connectivity index (χ2n) is 7.99. The third-order valence-electron chi connectivity index (χ3n) is 4.45. The zero-order valence-corrected chi connectivity index (χ0v) is 17.6. The molecule has 1 aromatic carbocycles. The monoisotopic (exact) mass is 373 g/mol. The molecule has 6 heteroatoms. The van der Waals surface area contributed by atoms with Gasteiger partial charge < -0.3 is 14.8 Å². The van der Waals surface area contributed by atoms with Crippen molar-refractivity contribution in [1.82, 2.24) is 15.1 Å². The van der Waals surface area contributed by atoms with Crippen LogP contribution in [0.15, 0.2) is 24.3 Å². The number of aromatic nitrogens is 2. The number of benzene rings is 1. The average molecular weight is 373 g/mol. The van der Waals surface area contributed by atoms with E-state index in [-0.39, 0.29) is 23.4 Å². The van der Waals surface area contributed by atoms with Crippen molar-refractivity contribution in [1.29, 1.82) is 0 Å². The Morgan fingerprint density at radius 2 is 1.78 bits per heavy atom. The first kappa shape index (κ1) is 20.8. The van der Waals surface area contributed by atoms with Crippen LogP contribution < -0.4 is 14.8 Å². The summed E-state index contributed by atoms with van der Waals surface area (Å²) in [5.41, 5.74) is 2.12. The lowest BCUT2D eigenvalue weighted by Crippen LogP contribution is -2.29. The van der Waals surface area contributed by atoms with Gasteiger partial charge in [-0.3, -0.25) is 9.48 Å². The van der Waals surface area contributed by atoms with Crippen molar-refractivity contribution in [2.75, 3.05) is 14.2 Å². The second kappa shape index (κ2) is 8.03. The van der Waals surface area contributed by atoms with Crippen molar-refractivity contribution in [3.63, 3.8) is 0 Å². The number of rotatable bonds is 6. The summed E-state index contributed by atoms with van der Waals surface area (Å²) < 4.78 is 12.7. The summed E-state index contributed by atoms with van der Waals surface area (Å²) >= 11 is 0. The maximum Gasteiger partial charge on any atom is 0.272 e. The minimum atomic E-state index is -0.259. The molecule has 0 aliphatic rings. The molecular formula is C21H31N3O3. The number of carbonyl (C=O) groups excluding carboxylic acids is 1. The Labute approximate surface area is 161 Å². The molecule has 1 N–H and O–H groups in total. The fraction of sp³-hybridized carbons (Fsp3) is 0.524. The number of hydrogen-bond acceptors (Lipinski definition) is 4. The molecule has 1 unspecified atom stereocenters. The molecule has 1 aromatic heterocycles. The van der Waals surface area contributed by atoms with Crippen LogP contribution in [0.3, 0.4) is 0 Å². The Morgan fingerprint density at radius 3 is 2.26 bits per heavy atom. The van der Waals surface area contributed by atoms with E-state index in [1.54, 1.807) is 14.2 Å². The summed E-state index contributed by atoms with van der Waals surface area (Å²) in [6, 6.07) is 7.15. The van der Waals surface area contributed by atoms with Gasteiger partial charge in [-0.25, -0.2) is 0 Å². The molecule has 1 amide bonds. The van der Waals surface area contributed by atoms with E-state index in [9.17, 15) is 4.79 Å². The second-order valence-corrected chi connectivity index (χ2v) is 7.99. The van der Waals surface area contributed by atoms with Gasteiger partial charge in [-0.2, -0.15) is 5.10 Å². The van der Waals surface area contributed by atoms with Gasteiger partial charge in [0, 0.05) is 11.3 Å². The first-order valence-corrected chi connectivity index (χ1v) is 9.21. The quantitative estimate of drug-likeness (QED) is 0.821. The first-order chi connectivity index (χ1) is 12.6. The van der Waals surface area contributed by atoms with Crippen LogP contribution in [0.2, 0.25) is 0 Å². The highest BCUT2D eigenvalue weighted by molar-refractivity contribution is 5.92. The van der Waals surface area contributed by atoms with Crippen molar-refractivity contribution in [2.24, 2.45) is 0 Å². The van der Waals surface area contributed by atoms with E-state index in [2.05, 4.69) is 45.0 Å². The number of amides is 1. The molecule has 0 bridgehead atoms. The molecular weight excluding hydrogens is 342 g/mol. The van der Waals surface area contributed by atoms with Crippen molar-refractivity contribution in [3.05, 3.63) is 41.2 Å². The molecule has 1 heterocycles. The zero-order valence-electron chi connectivity index (χ0n) is 17.6. The van der Waals surface area contributed by atoms with Crippen molar-refractivity contribution >= 4 is 5.91 Å². The summed E-state index contributed by atoms with van der Waals surface area (Å²) in [7, 11) is 3.22. The van der Waals surface area contributed by atoms with E-state index in [4.69, 9.17) is 9.47 Å². The lowest BCUT2D eigenvalue weighted by atomic mass is 10.1. The zero-order chi connectivity index (χ0) is 20.4. The number of nitrogens with zero attached hydrogens (tertiary/aromatic N) is 2. The smallest absolute Gasteiger partial charge is 0.272 e. The summed E-state index contributed by atoms with van der Waals surface area (Å²) in [5.74, 6) is 1.48. The van der Waals surface area contributed by atoms with Gasteiger partial charge in [0.1, 0.15) is 17.2 Å². The van der Waals surface area contributed by atoms with E-state index >= 15 is 0 Å². The third kappa shape index (κ3) is 4.62. The third-order valence-corrected chi connectivity index (χ3v) is 4.45. The number of hydrogen-bond donors (Lipinski definition) is 1. The van der Waals surface area contributed by atoms with Crippen LogP contribution in [0, 0.1) is 0 Å². The van der Waals surface area contributed by atoms with E-state index in [1.165, 1.54) is 0 Å². The van der Waals surface area contributed by atoms with E-state index in [1.807, 2.05) is 35.9 Å². The standard InChI is InChI=1S/C21H31N3O3/c1-13(2)18-12-17(23-24(18)21(4,5)6)20(25)22-14(3)16-11-15(26-7)9-10-19(16)27-8/h9-14H,1-8H3,(H,22,25). The van der Waals surface area contributed by atoms with Crippen molar-refractivity contribution < 1.29 is 14.3 Å². The van der Waals surface area contributed by atoms with Gasteiger partial charge in [0.2, 0.25) is 0 Å². The van der Waals surface area contributed by atoms with Gasteiger partial charge in [0.05, 0.1) is 25.8 Å². The maximum atomic E-state index is 12.8. The molecule has 148 valence electrons. The van der Waals surface area contributed by atoms with Gasteiger partial charge in [0.25, 0.3) is 5.91 Å². The molecule has 0 saturated carbocycles. The summed E-state index contributed by atoms with van der Waals surface area (Å²) in [5, 5.41) is 7.59. The predicted molar refractivity (Wildman–Crippen MR) is 107 cm³/mol. The largest absolute Gasteiger partial charge is 0.497 e. The fourth-order valence-electron chi connectivity index (χ4n) is 2.98. The minimum Gasteiger partial charge on any atom is -0.497 e. The Balaban J connectivity index is 2.30. The highest BCUT2D eigenvalue weighted by Gasteiger charge is 2.25. The van der Waals surface area contributed by atoms with Crippen LogP contribution >= 0.6 is 0 Å². The van der Waals surface area contributed by atoms with E-state index < -0.39 is 0 Å². The molecule has 0 aliphatic carbocycles. The van der Waals surface area contributed by atoms with E-state index in [0.717, 1.165) is 11.3 Å². The summed E-state index contributed by atoms with van der Waals surface area (Å²) in [6.45, 7) is 12.4. The van der Waals surface area contributed by atoms with Crippen molar-refractivity contribution in [2.45, 2.75) is 59.0 Å². The first-order valence-electron chi connectivity index (χ1n) is 9.21. The topological polar surface area (TPSA) is 65.4 Å². The van der Waals surface area contributed by atoms with Crippen LogP contribution in [-0.4, -0.2) is 29.9 Å². The van der Waals surface area contributed by atoms with Gasteiger partial charge >= 0.3 is 0 Å². The van der Waals surface area contributed by atoms with E-state index in [0.29, 0.717) is 17.2 Å². The Bertz CT molecular complexity index is 803. The highest BCUT2D eigenvalue weighted by Crippen LogP contribution is 2.30. The molecule has 0 saturated heterocycles. The minimum absolute atomic E-state index is 0.195. The van der Waals surface area contributed by atoms with Crippen LogP contribution in [-0.2, 0) is 5.54 Å². The molecule has 6 nitrogen and oxygen atoms in total. The average Bonchev–Trinajstić information content (AvgIpc) is 3.07. The van der Waals surface area contributed by atoms with Crippen LogP contribution in [0.1, 0.15) is 75.2 Å². The molecule has 0 radical (unpaired) electrons.